The lowest BCUT2D eigenvalue weighted by atomic mass is 10.0. The molecule has 1 aromatic heterocycles. The summed E-state index contributed by atoms with van der Waals surface area (Å²) < 4.78 is 12.9. The Morgan fingerprint density at radius 3 is 2.65 bits per heavy atom. The van der Waals surface area contributed by atoms with Crippen molar-refractivity contribution < 1.29 is 21.4 Å². The van der Waals surface area contributed by atoms with Crippen LogP contribution in [-0.2, 0) is 4.74 Å². The van der Waals surface area contributed by atoms with E-state index in [-0.39, 0.29) is 5.56 Å². The van der Waals surface area contributed by atoms with Gasteiger partial charge in [0.2, 0.25) is 0 Å². The van der Waals surface area contributed by atoms with Crippen LogP contribution in [0.3, 0.4) is 0 Å². The SMILES string of the molecule is [2H][C@@]1(c2c[nH]c(=O)[nH]c2=O)O[C@H](CO)[C@@H](O)[C@H]1O. The summed E-state index contributed by atoms with van der Waals surface area (Å²) >= 11 is 0. The summed E-state index contributed by atoms with van der Waals surface area (Å²) in [5, 5.41) is 28.2. The van der Waals surface area contributed by atoms with Gasteiger partial charge in [-0.3, -0.25) is 9.78 Å². The van der Waals surface area contributed by atoms with E-state index < -0.39 is 42.2 Å². The number of aromatic nitrogens is 2. The Morgan fingerprint density at radius 1 is 1.41 bits per heavy atom. The fourth-order valence-corrected chi connectivity index (χ4v) is 1.62. The fourth-order valence-electron chi connectivity index (χ4n) is 1.62. The average molecular weight is 245 g/mol. The highest BCUT2D eigenvalue weighted by Gasteiger charge is 2.44. The van der Waals surface area contributed by atoms with Crippen LogP contribution in [0.1, 0.15) is 13.0 Å². The highest BCUT2D eigenvalue weighted by atomic mass is 16.6. The second-order valence-corrected chi connectivity index (χ2v) is 3.62. The lowest BCUT2D eigenvalue weighted by Crippen LogP contribution is -2.34. The van der Waals surface area contributed by atoms with Crippen LogP contribution in [0.15, 0.2) is 15.8 Å². The molecule has 17 heavy (non-hydrogen) atoms. The molecule has 8 heteroatoms. The van der Waals surface area contributed by atoms with E-state index in [4.69, 9.17) is 11.2 Å². The summed E-state index contributed by atoms with van der Waals surface area (Å²) in [6.45, 7) is -0.611. The van der Waals surface area contributed by atoms with Gasteiger partial charge in [-0.2, -0.15) is 0 Å². The van der Waals surface area contributed by atoms with Crippen molar-refractivity contribution in [2.75, 3.05) is 6.61 Å². The molecule has 1 aromatic rings. The van der Waals surface area contributed by atoms with Gasteiger partial charge in [0.05, 0.1) is 13.5 Å². The maximum atomic E-state index is 11.5. The predicted octanol–water partition coefficient (Wildman–Crippen LogP) is -2.78. The number of H-pyrrole nitrogens is 2. The number of rotatable bonds is 2. The van der Waals surface area contributed by atoms with Gasteiger partial charge in [-0.1, -0.05) is 0 Å². The molecule has 2 heterocycles. The molecule has 94 valence electrons. The van der Waals surface area contributed by atoms with Crippen molar-refractivity contribution >= 4 is 0 Å². The molecule has 0 saturated carbocycles. The Hall–Kier alpha value is -1.48. The molecule has 8 nitrogen and oxygen atoms in total. The maximum Gasteiger partial charge on any atom is 0.325 e. The van der Waals surface area contributed by atoms with Crippen molar-refractivity contribution in [2.24, 2.45) is 0 Å². The molecule has 1 fully saturated rings. The molecule has 2 rings (SSSR count). The normalized spacial score (nSPS) is 38.1. The predicted molar refractivity (Wildman–Crippen MR) is 54.4 cm³/mol. The molecule has 4 atom stereocenters. The first kappa shape index (κ1) is 10.7. The Kier molecular flexibility index (Phi) is 2.77. The zero-order chi connectivity index (χ0) is 13.5. The van der Waals surface area contributed by atoms with Crippen LogP contribution in [0.25, 0.3) is 0 Å². The van der Waals surface area contributed by atoms with E-state index in [1.165, 1.54) is 0 Å². The summed E-state index contributed by atoms with van der Waals surface area (Å²) in [6.07, 6.45) is -5.71. The monoisotopic (exact) mass is 245 g/mol. The fraction of sp³-hybridized carbons (Fsp3) is 0.556. The molecular formula is C9H12N2O6. The number of aliphatic hydroxyl groups is 3. The summed E-state index contributed by atoms with van der Waals surface area (Å²) in [5.41, 5.74) is -2.03. The zero-order valence-corrected chi connectivity index (χ0v) is 8.58. The molecule has 0 aliphatic carbocycles. The van der Waals surface area contributed by atoms with Crippen molar-refractivity contribution in [2.45, 2.75) is 24.4 Å². The van der Waals surface area contributed by atoms with Gasteiger partial charge in [0, 0.05) is 6.20 Å². The van der Waals surface area contributed by atoms with Crippen LogP contribution in [0.4, 0.5) is 0 Å². The molecule has 0 radical (unpaired) electrons. The molecule has 0 amide bonds. The molecule has 5 N–H and O–H groups in total. The molecule has 0 bridgehead atoms. The smallest absolute Gasteiger partial charge is 0.325 e. The number of hydrogen-bond acceptors (Lipinski definition) is 6. The number of aliphatic hydroxyl groups excluding tert-OH is 3. The maximum absolute atomic E-state index is 11.5. The first-order chi connectivity index (χ1) is 8.40. The standard InChI is InChI=1S/C9H12N2O6/c12-2-4-5(13)6(14)7(17-4)3-1-10-9(16)11-8(3)15/h1,4-7,12-14H,2H2,(H2,10,11,15,16)/t4-,5-,6-,7+/m1/s1/i7D. The second-order valence-electron chi connectivity index (χ2n) is 3.62. The van der Waals surface area contributed by atoms with Gasteiger partial charge in [0.25, 0.3) is 5.56 Å². The largest absolute Gasteiger partial charge is 0.394 e. The number of aromatic amines is 2. The minimum Gasteiger partial charge on any atom is -0.394 e. The van der Waals surface area contributed by atoms with Gasteiger partial charge in [-0.15, -0.1) is 0 Å². The van der Waals surface area contributed by atoms with Crippen LogP contribution in [0.2, 0.25) is 0 Å². The quantitative estimate of drug-likeness (QED) is 0.382. The van der Waals surface area contributed by atoms with Gasteiger partial charge in [0.1, 0.15) is 24.4 Å². The summed E-state index contributed by atoms with van der Waals surface area (Å²) in [7, 11) is 0. The number of hydrogen-bond donors (Lipinski definition) is 5. The van der Waals surface area contributed by atoms with Crippen LogP contribution >= 0.6 is 0 Å². The van der Waals surface area contributed by atoms with Crippen molar-refractivity contribution in [1.82, 2.24) is 9.97 Å². The Labute approximate surface area is 95.9 Å². The van der Waals surface area contributed by atoms with E-state index in [1.807, 2.05) is 4.98 Å². The van der Waals surface area contributed by atoms with Gasteiger partial charge >= 0.3 is 5.69 Å². The van der Waals surface area contributed by atoms with Crippen LogP contribution in [0, 0.1) is 0 Å². The Bertz CT molecular complexity index is 556. The molecular weight excluding hydrogens is 232 g/mol. The molecule has 1 aliphatic heterocycles. The molecule has 0 unspecified atom stereocenters. The van der Waals surface area contributed by atoms with Crippen molar-refractivity contribution in [3.63, 3.8) is 0 Å². The van der Waals surface area contributed by atoms with Crippen molar-refractivity contribution in [3.8, 4) is 0 Å². The molecule has 1 aliphatic rings. The highest BCUT2D eigenvalue weighted by molar-refractivity contribution is 5.13. The summed E-state index contributed by atoms with van der Waals surface area (Å²) in [5.74, 6) is 0. The lowest BCUT2D eigenvalue weighted by Gasteiger charge is -2.13. The first-order valence-electron chi connectivity index (χ1n) is 5.37. The second kappa shape index (κ2) is 4.41. The Balaban J connectivity index is 2.49. The third-order valence-electron chi connectivity index (χ3n) is 2.52. The van der Waals surface area contributed by atoms with Crippen LogP contribution in [-0.4, -0.2) is 50.2 Å². The van der Waals surface area contributed by atoms with Crippen LogP contribution < -0.4 is 11.2 Å². The molecule has 1 saturated heterocycles. The van der Waals surface area contributed by atoms with Crippen LogP contribution in [0.5, 0.6) is 0 Å². The van der Waals surface area contributed by atoms with Gasteiger partial charge in [-0.25, -0.2) is 4.79 Å². The van der Waals surface area contributed by atoms with E-state index in [9.17, 15) is 19.8 Å². The third kappa shape index (κ3) is 2.03. The minimum atomic E-state index is -2.25. The summed E-state index contributed by atoms with van der Waals surface area (Å²) in [6, 6.07) is 0. The third-order valence-corrected chi connectivity index (χ3v) is 2.52. The number of ether oxygens (including phenoxy) is 1. The molecule has 0 spiro atoms. The van der Waals surface area contributed by atoms with Gasteiger partial charge in [0.15, 0.2) is 0 Å². The lowest BCUT2D eigenvalue weighted by molar-refractivity contribution is -0.0232. The van der Waals surface area contributed by atoms with Gasteiger partial charge < -0.3 is 25.0 Å². The van der Waals surface area contributed by atoms with E-state index in [0.29, 0.717) is 0 Å². The van der Waals surface area contributed by atoms with E-state index in [1.54, 1.807) is 0 Å². The van der Waals surface area contributed by atoms with E-state index >= 15 is 0 Å². The van der Waals surface area contributed by atoms with E-state index in [2.05, 4.69) is 4.98 Å². The average Bonchev–Trinajstić information content (AvgIpc) is 2.54. The van der Waals surface area contributed by atoms with Crippen molar-refractivity contribution in [3.05, 3.63) is 32.6 Å². The van der Waals surface area contributed by atoms with Crippen molar-refractivity contribution in [1.29, 1.82) is 0 Å². The zero-order valence-electron chi connectivity index (χ0n) is 9.58. The van der Waals surface area contributed by atoms with E-state index in [0.717, 1.165) is 6.20 Å². The molecule has 0 aromatic carbocycles. The number of nitrogens with one attached hydrogen (secondary N) is 2. The Morgan fingerprint density at radius 2 is 2.12 bits per heavy atom. The minimum absolute atomic E-state index is 0.357. The topological polar surface area (TPSA) is 136 Å². The first-order valence-corrected chi connectivity index (χ1v) is 4.87. The highest BCUT2D eigenvalue weighted by Crippen LogP contribution is 2.31. The van der Waals surface area contributed by atoms with Gasteiger partial charge in [-0.05, 0) is 0 Å². The summed E-state index contributed by atoms with van der Waals surface area (Å²) in [4.78, 5) is 26.4.